The molecule has 3 rings (SSSR count). The number of nitrogens with two attached hydrogens (primary N) is 1. The molecule has 1 aromatic carbocycles. The summed E-state index contributed by atoms with van der Waals surface area (Å²) < 4.78 is 39.8. The maximum absolute atomic E-state index is 12.9. The van der Waals surface area contributed by atoms with Gasteiger partial charge in [-0.25, -0.2) is 10.1 Å². The Morgan fingerprint density at radius 1 is 1.31 bits per heavy atom. The minimum Gasteiger partial charge on any atom is -0.334 e. The average Bonchev–Trinajstić information content (AvgIpc) is 3.29. The lowest BCUT2D eigenvalue weighted by molar-refractivity contribution is -0.137. The van der Waals surface area contributed by atoms with E-state index in [1.54, 1.807) is 0 Å². The van der Waals surface area contributed by atoms with Gasteiger partial charge in [-0.2, -0.15) is 18.3 Å². The molecule has 2 aromatic rings. The van der Waals surface area contributed by atoms with Crippen LogP contribution in [-0.4, -0.2) is 32.2 Å². The number of nitrogen functional groups attached to an aromatic ring is 1. The number of hydrogen-bond donors (Lipinski definition) is 3. The van der Waals surface area contributed by atoms with Crippen molar-refractivity contribution < 1.29 is 18.0 Å². The fourth-order valence-electron chi connectivity index (χ4n) is 2.62. The van der Waals surface area contributed by atoms with Crippen LogP contribution in [0.25, 0.3) is 0 Å². The summed E-state index contributed by atoms with van der Waals surface area (Å²) in [6.07, 6.45) is -0.565. The van der Waals surface area contributed by atoms with Gasteiger partial charge >= 0.3 is 6.18 Å². The number of aromatic nitrogens is 3. The molecule has 0 atom stereocenters. The minimum atomic E-state index is -4.62. The number of carbonyl (C=O) groups excluding carboxylic acids is 1. The first-order valence-electron chi connectivity index (χ1n) is 8.55. The van der Waals surface area contributed by atoms with Gasteiger partial charge in [0.25, 0.3) is 5.95 Å². The lowest BCUT2D eigenvalue weighted by atomic mass is 10.2. The predicted molar refractivity (Wildman–Crippen MR) is 106 cm³/mol. The summed E-state index contributed by atoms with van der Waals surface area (Å²) in [5, 5.41) is 14.2. The standard InChI is InChI=1S/C16H17ClF3N7OS/c17-12-6-5-10(7-11(12)16(18,19)20)22-13(28)8-29-15-26-25-14(27(15)21)24-23-9-3-1-2-4-9/h5-7H,1-4,8,21H2,(H,22,28)(H,24,25). The number of hydrogen-bond acceptors (Lipinski definition) is 7. The van der Waals surface area contributed by atoms with Crippen molar-refractivity contribution in [3.63, 3.8) is 0 Å². The quantitative estimate of drug-likeness (QED) is 0.353. The third-order valence-electron chi connectivity index (χ3n) is 4.05. The molecule has 1 aliphatic rings. The van der Waals surface area contributed by atoms with Crippen LogP contribution in [0.5, 0.6) is 0 Å². The number of halogens is 4. The van der Waals surface area contributed by atoms with Gasteiger partial charge in [0, 0.05) is 11.4 Å². The molecule has 0 radical (unpaired) electrons. The number of thioether (sulfide) groups is 1. The van der Waals surface area contributed by atoms with Crippen LogP contribution in [0.4, 0.5) is 24.8 Å². The van der Waals surface area contributed by atoms with E-state index < -0.39 is 22.7 Å². The number of carbonyl (C=O) groups is 1. The fraction of sp³-hybridized carbons (Fsp3) is 0.375. The lowest BCUT2D eigenvalue weighted by Gasteiger charge is -2.11. The zero-order chi connectivity index (χ0) is 21.0. The zero-order valence-electron chi connectivity index (χ0n) is 15.0. The Hall–Kier alpha value is -2.47. The van der Waals surface area contributed by atoms with Gasteiger partial charge in [0.05, 0.1) is 16.3 Å². The number of anilines is 2. The SMILES string of the molecule is Nn1c(NN=C2CCCC2)nnc1SCC(=O)Nc1ccc(Cl)c(C(F)(F)F)c1. The number of nitrogens with one attached hydrogen (secondary N) is 2. The van der Waals surface area contributed by atoms with Crippen molar-refractivity contribution >= 4 is 46.6 Å². The highest BCUT2D eigenvalue weighted by Gasteiger charge is 2.33. The van der Waals surface area contributed by atoms with Gasteiger partial charge in [0.15, 0.2) is 0 Å². The number of amides is 1. The third kappa shape index (κ3) is 5.54. The van der Waals surface area contributed by atoms with Crippen LogP contribution >= 0.6 is 23.4 Å². The van der Waals surface area contributed by atoms with E-state index >= 15 is 0 Å². The van der Waals surface area contributed by atoms with Gasteiger partial charge < -0.3 is 11.2 Å². The Kier molecular flexibility index (Phi) is 6.52. The van der Waals surface area contributed by atoms with Crippen LogP contribution in [0.2, 0.25) is 5.02 Å². The molecule has 1 saturated carbocycles. The van der Waals surface area contributed by atoms with Gasteiger partial charge in [-0.1, -0.05) is 23.4 Å². The van der Waals surface area contributed by atoms with Crippen molar-refractivity contribution in [3.8, 4) is 0 Å². The molecule has 1 heterocycles. The summed E-state index contributed by atoms with van der Waals surface area (Å²) in [5.41, 5.74) is 2.74. The van der Waals surface area contributed by atoms with E-state index in [9.17, 15) is 18.0 Å². The molecule has 0 bridgehead atoms. The Balaban J connectivity index is 1.57. The van der Waals surface area contributed by atoms with E-state index in [1.807, 2.05) is 0 Å². The number of hydrazone groups is 1. The average molecular weight is 448 g/mol. The van der Waals surface area contributed by atoms with E-state index in [0.29, 0.717) is 0 Å². The molecular formula is C16H17ClF3N7OS. The normalized spacial score (nSPS) is 14.1. The summed E-state index contributed by atoms with van der Waals surface area (Å²) in [6.45, 7) is 0. The molecule has 0 unspecified atom stereocenters. The van der Waals surface area contributed by atoms with E-state index in [4.69, 9.17) is 17.4 Å². The first-order valence-corrected chi connectivity index (χ1v) is 9.91. The highest BCUT2D eigenvalue weighted by atomic mass is 35.5. The molecule has 4 N–H and O–H groups in total. The predicted octanol–water partition coefficient (Wildman–Crippen LogP) is 3.74. The fourth-order valence-corrected chi connectivity index (χ4v) is 3.50. The summed E-state index contributed by atoms with van der Waals surface area (Å²) in [5.74, 6) is 5.44. The second-order valence-corrected chi connectivity index (χ2v) is 7.55. The van der Waals surface area contributed by atoms with Crippen molar-refractivity contribution in [1.29, 1.82) is 0 Å². The molecule has 13 heteroatoms. The highest BCUT2D eigenvalue weighted by Crippen LogP contribution is 2.36. The number of benzene rings is 1. The maximum atomic E-state index is 12.9. The number of alkyl halides is 3. The first-order chi connectivity index (χ1) is 13.7. The topological polar surface area (TPSA) is 110 Å². The van der Waals surface area contributed by atoms with E-state index in [-0.39, 0.29) is 22.5 Å². The van der Waals surface area contributed by atoms with Crippen molar-refractivity contribution in [3.05, 3.63) is 28.8 Å². The Bertz CT molecular complexity index is 924. The highest BCUT2D eigenvalue weighted by molar-refractivity contribution is 7.99. The Labute approximate surface area is 173 Å². The molecule has 1 amide bonds. The molecule has 0 aliphatic heterocycles. The van der Waals surface area contributed by atoms with Gasteiger partial charge in [-0.15, -0.1) is 10.2 Å². The molecule has 0 spiro atoms. The first kappa shape index (κ1) is 21.2. The van der Waals surface area contributed by atoms with Gasteiger partial charge in [0.2, 0.25) is 11.1 Å². The second-order valence-electron chi connectivity index (χ2n) is 6.20. The van der Waals surface area contributed by atoms with Gasteiger partial charge in [-0.05, 0) is 43.9 Å². The monoisotopic (exact) mass is 447 g/mol. The van der Waals surface area contributed by atoms with Crippen LogP contribution < -0.4 is 16.6 Å². The molecule has 0 saturated heterocycles. The molecule has 1 aliphatic carbocycles. The minimum absolute atomic E-state index is 0.0173. The summed E-state index contributed by atoms with van der Waals surface area (Å²) >= 11 is 6.54. The smallest absolute Gasteiger partial charge is 0.334 e. The Morgan fingerprint density at radius 3 is 2.72 bits per heavy atom. The second kappa shape index (κ2) is 8.91. The van der Waals surface area contributed by atoms with Crippen molar-refractivity contribution in [2.45, 2.75) is 37.0 Å². The number of nitrogens with zero attached hydrogens (tertiary/aromatic N) is 4. The van der Waals surface area contributed by atoms with Crippen molar-refractivity contribution in [1.82, 2.24) is 14.9 Å². The largest absolute Gasteiger partial charge is 0.417 e. The molecular weight excluding hydrogens is 431 g/mol. The third-order valence-corrected chi connectivity index (χ3v) is 5.32. The van der Waals surface area contributed by atoms with Crippen LogP contribution in [-0.2, 0) is 11.0 Å². The van der Waals surface area contributed by atoms with Crippen LogP contribution in [0.15, 0.2) is 28.5 Å². The van der Waals surface area contributed by atoms with Crippen LogP contribution in [0.1, 0.15) is 31.2 Å². The van der Waals surface area contributed by atoms with E-state index in [2.05, 4.69) is 26.0 Å². The molecule has 156 valence electrons. The van der Waals surface area contributed by atoms with Gasteiger partial charge in [0.1, 0.15) is 0 Å². The zero-order valence-corrected chi connectivity index (χ0v) is 16.5. The summed E-state index contributed by atoms with van der Waals surface area (Å²) in [6, 6.07) is 3.14. The van der Waals surface area contributed by atoms with Crippen LogP contribution in [0, 0.1) is 0 Å². The van der Waals surface area contributed by atoms with Gasteiger partial charge in [-0.3, -0.25) is 4.79 Å². The molecule has 29 heavy (non-hydrogen) atoms. The molecule has 8 nitrogen and oxygen atoms in total. The maximum Gasteiger partial charge on any atom is 0.417 e. The van der Waals surface area contributed by atoms with Crippen molar-refractivity contribution in [2.75, 3.05) is 22.3 Å². The van der Waals surface area contributed by atoms with Crippen molar-refractivity contribution in [2.24, 2.45) is 5.10 Å². The van der Waals surface area contributed by atoms with E-state index in [0.717, 1.165) is 60.0 Å². The summed E-state index contributed by atoms with van der Waals surface area (Å²) in [7, 11) is 0. The number of rotatable bonds is 6. The summed E-state index contributed by atoms with van der Waals surface area (Å²) in [4.78, 5) is 12.1. The van der Waals surface area contributed by atoms with E-state index in [1.165, 1.54) is 6.07 Å². The lowest BCUT2D eigenvalue weighted by Crippen LogP contribution is -2.17. The molecule has 1 aromatic heterocycles. The molecule has 1 fully saturated rings. The Morgan fingerprint density at radius 2 is 2.03 bits per heavy atom. The van der Waals surface area contributed by atoms with Crippen LogP contribution in [0.3, 0.4) is 0 Å².